The van der Waals surface area contributed by atoms with Gasteiger partial charge in [-0.15, -0.1) is 12.4 Å². The summed E-state index contributed by atoms with van der Waals surface area (Å²) in [5, 5.41) is 30.0. The predicted molar refractivity (Wildman–Crippen MR) is 308 cm³/mol. The highest BCUT2D eigenvalue weighted by molar-refractivity contribution is 6.04. The number of halogens is 1. The molecule has 9 rings (SSSR count). The Morgan fingerprint density at radius 1 is 0.549 bits per heavy atom. The molecule has 3 atom stereocenters. The number of carbonyl (C=O) groups is 5. The van der Waals surface area contributed by atoms with Crippen LogP contribution in [0, 0.1) is 0 Å². The summed E-state index contributed by atoms with van der Waals surface area (Å²) in [6, 6.07) is 13.9. The number of pyridine rings is 3. The molecule has 0 aromatic carbocycles. The van der Waals surface area contributed by atoms with Crippen molar-refractivity contribution in [1.29, 1.82) is 0 Å². The van der Waals surface area contributed by atoms with Crippen LogP contribution in [0.25, 0.3) is 0 Å². The fourth-order valence-corrected chi connectivity index (χ4v) is 7.22. The number of hydrogen-bond acceptors (Lipinski definition) is 21. The topological polar surface area (TPSA) is 419 Å². The molecule has 0 spiro atoms. The molecule has 0 aliphatic heterocycles. The Morgan fingerprint density at radius 3 is 1.20 bits per heavy atom. The highest BCUT2D eigenvalue weighted by Gasteiger charge is 2.42. The zero-order valence-electron chi connectivity index (χ0n) is 48.2. The Labute approximate surface area is 480 Å². The van der Waals surface area contributed by atoms with E-state index >= 15 is 0 Å². The lowest BCUT2D eigenvalue weighted by Gasteiger charge is -2.21. The number of ether oxygens (including phenoxy) is 2. The number of aromatic nitrogens is 6. The van der Waals surface area contributed by atoms with Crippen LogP contribution >= 0.6 is 12.4 Å². The molecule has 6 aromatic rings. The summed E-state index contributed by atoms with van der Waals surface area (Å²) in [6.45, 7) is 22.1. The summed E-state index contributed by atoms with van der Waals surface area (Å²) in [5.41, 5.74) is 32.2. The first-order valence-electron chi connectivity index (χ1n) is 26.2. The van der Waals surface area contributed by atoms with Gasteiger partial charge in [0.1, 0.15) is 17.0 Å². The zero-order valence-corrected chi connectivity index (χ0v) is 49.0. The number of nitrogens with two attached hydrogens (primary N) is 5. The van der Waals surface area contributed by atoms with Crippen LogP contribution in [-0.4, -0.2) is 76.7 Å². The van der Waals surface area contributed by atoms with Gasteiger partial charge in [-0.2, -0.15) is 0 Å². The summed E-state index contributed by atoms with van der Waals surface area (Å²) in [4.78, 5) is 72.0. The Morgan fingerprint density at radius 2 is 0.878 bits per heavy atom. The molecule has 0 bridgehead atoms. The van der Waals surface area contributed by atoms with Gasteiger partial charge in [0.2, 0.25) is 0 Å². The first kappa shape index (κ1) is 64.3. The Kier molecular flexibility index (Phi) is 20.0. The molecule has 0 radical (unpaired) electrons. The maximum absolute atomic E-state index is 12.5. The summed E-state index contributed by atoms with van der Waals surface area (Å²) in [7, 11) is 0. The van der Waals surface area contributed by atoms with Crippen molar-refractivity contribution in [3.8, 4) is 0 Å². The maximum Gasteiger partial charge on any atom is 0.408 e. The van der Waals surface area contributed by atoms with E-state index in [4.69, 9.17) is 56.8 Å². The molecule has 4 amide bonds. The minimum Gasteiger partial charge on any atom is -0.476 e. The van der Waals surface area contributed by atoms with Crippen molar-refractivity contribution in [3.05, 3.63) is 106 Å². The smallest absolute Gasteiger partial charge is 0.408 e. The molecular formula is C55H76ClN15O11. The molecule has 27 heteroatoms. The molecule has 15 N–H and O–H groups in total. The van der Waals surface area contributed by atoms with Gasteiger partial charge in [0.25, 0.3) is 11.8 Å². The largest absolute Gasteiger partial charge is 0.476 e. The first-order chi connectivity index (χ1) is 37.7. The van der Waals surface area contributed by atoms with Crippen LogP contribution in [0.5, 0.6) is 0 Å². The quantitative estimate of drug-likeness (QED) is 0.0515. The maximum atomic E-state index is 12.5. The third-order valence-corrected chi connectivity index (χ3v) is 13.2. The van der Waals surface area contributed by atoms with E-state index in [2.05, 4.69) is 72.5 Å². The highest BCUT2D eigenvalue weighted by atomic mass is 35.5. The van der Waals surface area contributed by atoms with E-state index < -0.39 is 53.3 Å². The lowest BCUT2D eigenvalue weighted by atomic mass is 10.0. The number of carboxylic acid groups (broad SMARTS) is 1. The van der Waals surface area contributed by atoms with Crippen LogP contribution in [-0.2, 0) is 25.7 Å². The van der Waals surface area contributed by atoms with Gasteiger partial charge in [-0.05, 0) is 137 Å². The average Bonchev–Trinajstić information content (AvgIpc) is 4.27. The molecule has 3 fully saturated rings. The monoisotopic (exact) mass is 1160 g/mol. The minimum absolute atomic E-state index is 0. The molecule has 0 saturated heterocycles. The highest BCUT2D eigenvalue weighted by Crippen LogP contribution is 2.49. The van der Waals surface area contributed by atoms with E-state index in [1.54, 1.807) is 74.4 Å². The van der Waals surface area contributed by atoms with Crippen molar-refractivity contribution in [1.82, 2.24) is 41.1 Å². The average molecular weight is 1160 g/mol. The van der Waals surface area contributed by atoms with Crippen LogP contribution in [0.15, 0.2) is 68.2 Å². The van der Waals surface area contributed by atoms with Gasteiger partial charge >= 0.3 is 18.2 Å². The zero-order chi connectivity index (χ0) is 60.0. The molecular weight excluding hydrogens is 1080 g/mol. The van der Waals surface area contributed by atoms with E-state index in [1.807, 2.05) is 24.3 Å². The second kappa shape index (κ2) is 25.5. The van der Waals surface area contributed by atoms with Crippen LogP contribution in [0.1, 0.15) is 206 Å². The number of aromatic carboxylic acids is 1. The first-order valence-corrected chi connectivity index (χ1v) is 26.2. The van der Waals surface area contributed by atoms with Crippen LogP contribution in [0.4, 0.5) is 44.1 Å². The second-order valence-electron chi connectivity index (χ2n) is 23.2. The van der Waals surface area contributed by atoms with Crippen molar-refractivity contribution in [2.75, 3.05) is 33.6 Å². The predicted octanol–water partition coefficient (Wildman–Crippen LogP) is 9.19. The molecule has 3 aliphatic carbocycles. The van der Waals surface area contributed by atoms with Gasteiger partial charge in [-0.3, -0.25) is 9.59 Å². The van der Waals surface area contributed by atoms with Gasteiger partial charge in [0.05, 0.1) is 35.2 Å². The van der Waals surface area contributed by atoms with Crippen molar-refractivity contribution in [2.24, 2.45) is 5.73 Å². The third kappa shape index (κ3) is 18.0. The molecule has 6 heterocycles. The fraction of sp³-hybridized carbons (Fsp3) is 0.473. The van der Waals surface area contributed by atoms with Crippen molar-refractivity contribution < 1.29 is 52.1 Å². The number of carbonyl (C=O) groups excluding carboxylic acids is 4. The van der Waals surface area contributed by atoms with Gasteiger partial charge in [0, 0.05) is 51.5 Å². The summed E-state index contributed by atoms with van der Waals surface area (Å²) >= 11 is 0. The third-order valence-electron chi connectivity index (χ3n) is 13.2. The Bertz CT molecular complexity index is 3240. The van der Waals surface area contributed by atoms with Gasteiger partial charge in [-0.1, -0.05) is 36.2 Å². The number of nitrogen functional groups attached to an aromatic ring is 4. The van der Waals surface area contributed by atoms with Crippen molar-refractivity contribution >= 4 is 76.9 Å². The number of amides is 4. The standard InChI is InChI=1S/C20H27N5O4.C15H19N5O2.C11H16N2O5.C9H13N3.ClH/c1-11(22-18(27)28-19(2,3)4)14-10-13(25-29-14)17(26)24-16-12(21)6-7-15(23-16)20(5)8-9-20;1-8(16)11-7-10(20-22-11)14(21)19-13-9(17)3-4-12(18-13)15(2)5-6-15;1-6(12-10(16)17-11(2,3)4)8-5-7(9(14)15)13-18-8;1-9(4-5-9)7-3-2-6(10)8(11)12-7;/h6-7,10-11H,8-9,21H2,1-5H3,(H,22,27)(H,23,24,26);3-4,7-8H,5-6,16-17H2,1-2H3,(H,18,19,21);5-6H,1-4H3,(H,12,16)(H,14,15);2-3H,4-5,10H2,1H3,(H2,11,12);1H. The van der Waals surface area contributed by atoms with E-state index in [0.29, 0.717) is 46.0 Å². The number of carboxylic acids is 1. The fourth-order valence-electron chi connectivity index (χ4n) is 7.22. The summed E-state index contributed by atoms with van der Waals surface area (Å²) in [5.74, 6) is 0.0145. The SMILES string of the molecule is CC(N)c1cc(C(=O)Nc2nc(C3(C)CC3)ccc2N)no1.CC(NC(=O)OC(C)(C)C)c1cc(C(=O)Nc2nc(C3(C)CC3)ccc2N)no1.CC(NC(=O)OC(C)(C)C)c1cc(C(=O)O)no1.CC1(c2ccc(N)c(N)n2)CC1.Cl. The summed E-state index contributed by atoms with van der Waals surface area (Å²) < 4.78 is 25.3. The molecule has 82 heavy (non-hydrogen) atoms. The van der Waals surface area contributed by atoms with E-state index in [-0.39, 0.29) is 57.5 Å². The van der Waals surface area contributed by atoms with Crippen LogP contribution in [0.3, 0.4) is 0 Å². The number of hydrogen-bond donors (Lipinski definition) is 10. The van der Waals surface area contributed by atoms with Crippen LogP contribution in [0.2, 0.25) is 0 Å². The molecule has 3 aliphatic rings. The van der Waals surface area contributed by atoms with Crippen molar-refractivity contribution in [2.45, 2.75) is 167 Å². The van der Waals surface area contributed by atoms with Gasteiger partial charge in [-0.25, -0.2) is 29.3 Å². The molecule has 6 aromatic heterocycles. The van der Waals surface area contributed by atoms with Gasteiger partial charge < -0.3 is 78.1 Å². The lowest BCUT2D eigenvalue weighted by molar-refractivity contribution is 0.0489. The molecule has 444 valence electrons. The lowest BCUT2D eigenvalue weighted by Crippen LogP contribution is -2.33. The number of nitrogens with zero attached hydrogens (tertiary/aromatic N) is 6. The van der Waals surface area contributed by atoms with E-state index in [1.165, 1.54) is 31.0 Å². The second-order valence-corrected chi connectivity index (χ2v) is 23.2. The van der Waals surface area contributed by atoms with E-state index in [0.717, 1.165) is 42.8 Å². The van der Waals surface area contributed by atoms with E-state index in [9.17, 15) is 24.0 Å². The Hall–Kier alpha value is -8.52. The van der Waals surface area contributed by atoms with Gasteiger partial charge in [0.15, 0.2) is 46.0 Å². The number of nitrogens with one attached hydrogen (secondary N) is 4. The van der Waals surface area contributed by atoms with Crippen molar-refractivity contribution in [3.63, 3.8) is 0 Å². The molecule has 3 saturated carbocycles. The number of alkyl carbamates (subject to hydrolysis) is 2. The van der Waals surface area contributed by atoms with Crippen LogP contribution < -0.4 is 49.9 Å². The number of rotatable bonds is 13. The minimum atomic E-state index is -1.19. The molecule has 3 unspecified atom stereocenters. The Balaban J connectivity index is 0.000000208. The molecule has 26 nitrogen and oxygen atoms in total. The normalized spacial score (nSPS) is 15.9. The number of anilines is 6. The summed E-state index contributed by atoms with van der Waals surface area (Å²) in [6.07, 6.45) is 5.54.